The summed E-state index contributed by atoms with van der Waals surface area (Å²) >= 11 is 0. The second-order valence-electron chi connectivity index (χ2n) is 3.19. The standard InChI is InChI=1S/C9H13F3N4/c10-9(11,12)7-3-6-15-8(16-7)14-5-2-1-4-13/h3,6H,1-2,4-5,13H2,(H,14,15,16). The summed E-state index contributed by atoms with van der Waals surface area (Å²) in [6.45, 7) is 1.07. The monoisotopic (exact) mass is 234 g/mol. The predicted octanol–water partition coefficient (Wildman–Crippen LogP) is 1.65. The molecule has 0 atom stereocenters. The van der Waals surface area contributed by atoms with Crippen molar-refractivity contribution in [2.45, 2.75) is 19.0 Å². The minimum absolute atomic E-state index is 0.00755. The average Bonchev–Trinajstić information content (AvgIpc) is 2.24. The molecule has 0 fully saturated rings. The molecule has 0 aliphatic rings. The van der Waals surface area contributed by atoms with Crippen LogP contribution in [0.15, 0.2) is 12.3 Å². The van der Waals surface area contributed by atoms with Crippen LogP contribution >= 0.6 is 0 Å². The molecule has 0 aliphatic heterocycles. The van der Waals surface area contributed by atoms with E-state index in [9.17, 15) is 13.2 Å². The lowest BCUT2D eigenvalue weighted by atomic mass is 10.3. The second-order valence-corrected chi connectivity index (χ2v) is 3.19. The molecule has 0 aromatic carbocycles. The van der Waals surface area contributed by atoms with Gasteiger partial charge in [-0.3, -0.25) is 0 Å². The Bertz CT molecular complexity index is 327. The van der Waals surface area contributed by atoms with Gasteiger partial charge in [0.05, 0.1) is 0 Å². The molecule has 3 N–H and O–H groups in total. The molecular weight excluding hydrogens is 221 g/mol. The van der Waals surface area contributed by atoms with Crippen LogP contribution in [-0.4, -0.2) is 23.1 Å². The number of nitrogens with zero attached hydrogens (tertiary/aromatic N) is 2. The minimum atomic E-state index is -4.43. The van der Waals surface area contributed by atoms with Crippen molar-refractivity contribution in [3.63, 3.8) is 0 Å². The Hall–Kier alpha value is -1.37. The van der Waals surface area contributed by atoms with Crippen LogP contribution in [0.1, 0.15) is 18.5 Å². The third-order valence-corrected chi connectivity index (χ3v) is 1.86. The van der Waals surface area contributed by atoms with Gasteiger partial charge in [0.15, 0.2) is 0 Å². The number of hydrogen-bond donors (Lipinski definition) is 2. The molecule has 90 valence electrons. The first kappa shape index (κ1) is 12.7. The maximum absolute atomic E-state index is 12.3. The Balaban J connectivity index is 2.54. The fourth-order valence-corrected chi connectivity index (χ4v) is 1.07. The number of alkyl halides is 3. The van der Waals surface area contributed by atoms with E-state index < -0.39 is 11.9 Å². The van der Waals surface area contributed by atoms with E-state index in [-0.39, 0.29) is 5.95 Å². The Morgan fingerprint density at radius 2 is 2.06 bits per heavy atom. The van der Waals surface area contributed by atoms with Crippen LogP contribution in [0.3, 0.4) is 0 Å². The van der Waals surface area contributed by atoms with Gasteiger partial charge in [0.25, 0.3) is 0 Å². The molecule has 4 nitrogen and oxygen atoms in total. The molecular formula is C9H13F3N4. The van der Waals surface area contributed by atoms with Crippen molar-refractivity contribution in [1.82, 2.24) is 9.97 Å². The summed E-state index contributed by atoms with van der Waals surface area (Å²) in [4.78, 5) is 7.06. The zero-order valence-corrected chi connectivity index (χ0v) is 8.59. The summed E-state index contributed by atoms with van der Waals surface area (Å²) in [5.74, 6) is -0.00755. The van der Waals surface area contributed by atoms with Crippen LogP contribution < -0.4 is 11.1 Å². The summed E-state index contributed by atoms with van der Waals surface area (Å²) in [6, 6.07) is 0.838. The fraction of sp³-hybridized carbons (Fsp3) is 0.556. The summed E-state index contributed by atoms with van der Waals surface area (Å²) in [7, 11) is 0. The first-order valence-corrected chi connectivity index (χ1v) is 4.88. The third-order valence-electron chi connectivity index (χ3n) is 1.86. The van der Waals surface area contributed by atoms with Crippen LogP contribution in [-0.2, 0) is 6.18 Å². The number of unbranched alkanes of at least 4 members (excludes halogenated alkanes) is 1. The van der Waals surface area contributed by atoms with Crippen molar-refractivity contribution >= 4 is 5.95 Å². The zero-order chi connectivity index (χ0) is 12.0. The maximum atomic E-state index is 12.3. The summed E-state index contributed by atoms with van der Waals surface area (Å²) in [5.41, 5.74) is 4.34. The molecule has 0 aliphatic carbocycles. The van der Waals surface area contributed by atoms with Gasteiger partial charge in [-0.1, -0.05) is 0 Å². The molecule has 1 aromatic heterocycles. The lowest BCUT2D eigenvalue weighted by molar-refractivity contribution is -0.141. The van der Waals surface area contributed by atoms with Crippen molar-refractivity contribution in [2.75, 3.05) is 18.4 Å². The van der Waals surface area contributed by atoms with Gasteiger partial charge in [-0.05, 0) is 25.5 Å². The highest BCUT2D eigenvalue weighted by atomic mass is 19.4. The summed E-state index contributed by atoms with van der Waals surface area (Å²) in [6.07, 6.45) is -1.76. The van der Waals surface area contributed by atoms with Crippen LogP contribution in [0.4, 0.5) is 19.1 Å². The van der Waals surface area contributed by atoms with Crippen LogP contribution in [0, 0.1) is 0 Å². The lowest BCUT2D eigenvalue weighted by Crippen LogP contribution is -2.12. The largest absolute Gasteiger partial charge is 0.433 e. The number of nitrogens with two attached hydrogens (primary N) is 1. The smallest absolute Gasteiger partial charge is 0.354 e. The molecule has 7 heteroatoms. The Morgan fingerprint density at radius 3 is 2.69 bits per heavy atom. The molecule has 0 radical (unpaired) electrons. The van der Waals surface area contributed by atoms with E-state index in [1.165, 1.54) is 0 Å². The number of aromatic nitrogens is 2. The minimum Gasteiger partial charge on any atom is -0.354 e. The van der Waals surface area contributed by atoms with E-state index in [1.807, 2.05) is 0 Å². The number of anilines is 1. The normalized spacial score (nSPS) is 11.5. The van der Waals surface area contributed by atoms with E-state index in [1.54, 1.807) is 0 Å². The van der Waals surface area contributed by atoms with Gasteiger partial charge in [0, 0.05) is 12.7 Å². The molecule has 0 spiro atoms. The van der Waals surface area contributed by atoms with E-state index in [0.29, 0.717) is 13.1 Å². The van der Waals surface area contributed by atoms with E-state index in [4.69, 9.17) is 5.73 Å². The van der Waals surface area contributed by atoms with Crippen molar-refractivity contribution in [2.24, 2.45) is 5.73 Å². The fourth-order valence-electron chi connectivity index (χ4n) is 1.07. The van der Waals surface area contributed by atoms with Crippen molar-refractivity contribution in [3.8, 4) is 0 Å². The molecule has 0 amide bonds. The first-order chi connectivity index (χ1) is 7.54. The Kier molecular flexibility index (Phi) is 4.48. The lowest BCUT2D eigenvalue weighted by Gasteiger charge is -2.08. The Morgan fingerprint density at radius 1 is 1.31 bits per heavy atom. The third kappa shape index (κ3) is 4.01. The van der Waals surface area contributed by atoms with Gasteiger partial charge in [-0.25, -0.2) is 9.97 Å². The zero-order valence-electron chi connectivity index (χ0n) is 8.59. The number of halogens is 3. The van der Waals surface area contributed by atoms with E-state index in [0.717, 1.165) is 25.1 Å². The van der Waals surface area contributed by atoms with Crippen molar-refractivity contribution < 1.29 is 13.2 Å². The van der Waals surface area contributed by atoms with Crippen LogP contribution in [0.5, 0.6) is 0 Å². The van der Waals surface area contributed by atoms with Gasteiger partial charge in [0.1, 0.15) is 5.69 Å². The van der Waals surface area contributed by atoms with E-state index >= 15 is 0 Å². The molecule has 1 rings (SSSR count). The number of hydrogen-bond acceptors (Lipinski definition) is 4. The molecule has 1 heterocycles. The van der Waals surface area contributed by atoms with Gasteiger partial charge in [-0.15, -0.1) is 0 Å². The highest BCUT2D eigenvalue weighted by molar-refractivity contribution is 5.25. The van der Waals surface area contributed by atoms with Gasteiger partial charge < -0.3 is 11.1 Å². The molecule has 16 heavy (non-hydrogen) atoms. The van der Waals surface area contributed by atoms with Crippen molar-refractivity contribution in [3.05, 3.63) is 18.0 Å². The first-order valence-electron chi connectivity index (χ1n) is 4.88. The highest BCUT2D eigenvalue weighted by Crippen LogP contribution is 2.27. The quantitative estimate of drug-likeness (QED) is 0.760. The molecule has 0 saturated heterocycles. The van der Waals surface area contributed by atoms with Gasteiger partial charge in [-0.2, -0.15) is 13.2 Å². The number of nitrogens with one attached hydrogen (secondary N) is 1. The predicted molar refractivity (Wildman–Crippen MR) is 53.8 cm³/mol. The highest BCUT2D eigenvalue weighted by Gasteiger charge is 2.32. The van der Waals surface area contributed by atoms with Crippen LogP contribution in [0.25, 0.3) is 0 Å². The Labute approximate surface area is 91.1 Å². The molecule has 0 bridgehead atoms. The molecule has 0 saturated carbocycles. The van der Waals surface area contributed by atoms with Crippen LogP contribution in [0.2, 0.25) is 0 Å². The maximum Gasteiger partial charge on any atom is 0.433 e. The van der Waals surface area contributed by atoms with Gasteiger partial charge >= 0.3 is 6.18 Å². The number of rotatable bonds is 5. The molecule has 1 aromatic rings. The average molecular weight is 234 g/mol. The SMILES string of the molecule is NCCCCNc1nccc(C(F)(F)F)n1. The summed E-state index contributed by atoms with van der Waals surface area (Å²) < 4.78 is 36.8. The topological polar surface area (TPSA) is 63.8 Å². The van der Waals surface area contributed by atoms with E-state index in [2.05, 4.69) is 15.3 Å². The van der Waals surface area contributed by atoms with Crippen molar-refractivity contribution in [1.29, 1.82) is 0 Å². The van der Waals surface area contributed by atoms with Gasteiger partial charge in [0.2, 0.25) is 5.95 Å². The molecule has 0 unspecified atom stereocenters. The second kappa shape index (κ2) is 5.64. The summed E-state index contributed by atoms with van der Waals surface area (Å²) in [5, 5.41) is 2.71.